The van der Waals surface area contributed by atoms with Gasteiger partial charge in [0.05, 0.1) is 11.0 Å². The molecule has 0 unspecified atom stereocenters. The highest BCUT2D eigenvalue weighted by Gasteiger charge is 2.25. The Hall–Kier alpha value is -1.35. The summed E-state index contributed by atoms with van der Waals surface area (Å²) in [4.78, 5) is 4.88. The van der Waals surface area contributed by atoms with E-state index < -0.39 is 0 Å². The van der Waals surface area contributed by atoms with Gasteiger partial charge in [-0.05, 0) is 51.4 Å². The minimum absolute atomic E-state index is 0.0116. The third-order valence-corrected chi connectivity index (χ3v) is 4.73. The van der Waals surface area contributed by atoms with Gasteiger partial charge in [0, 0.05) is 18.5 Å². The summed E-state index contributed by atoms with van der Waals surface area (Å²) >= 11 is 0. The van der Waals surface area contributed by atoms with E-state index in [0.29, 0.717) is 5.92 Å². The highest BCUT2D eigenvalue weighted by Crippen LogP contribution is 2.37. The highest BCUT2D eigenvalue weighted by molar-refractivity contribution is 5.77. The van der Waals surface area contributed by atoms with Gasteiger partial charge in [-0.25, -0.2) is 4.98 Å². The topological polar surface area (TPSA) is 29.9 Å². The maximum absolute atomic E-state index is 4.88. The number of hydrogen-bond acceptors (Lipinski definition) is 2. The van der Waals surface area contributed by atoms with Crippen LogP contribution in [0, 0.1) is 0 Å². The van der Waals surface area contributed by atoms with E-state index in [1.165, 1.54) is 36.2 Å². The zero-order valence-electron chi connectivity index (χ0n) is 12.3. The summed E-state index contributed by atoms with van der Waals surface area (Å²) in [5, 5.41) is 3.35. The molecule has 0 aliphatic heterocycles. The first-order valence-electron chi connectivity index (χ1n) is 7.18. The van der Waals surface area contributed by atoms with Gasteiger partial charge in [0.25, 0.3) is 0 Å². The molecule has 1 fully saturated rings. The Labute approximate surface area is 115 Å². The van der Waals surface area contributed by atoms with Crippen LogP contribution in [0.2, 0.25) is 0 Å². The first-order valence-corrected chi connectivity index (χ1v) is 7.18. The Kier molecular flexibility index (Phi) is 2.90. The molecule has 0 radical (unpaired) electrons. The Morgan fingerprint density at radius 2 is 2.05 bits per heavy atom. The van der Waals surface area contributed by atoms with E-state index >= 15 is 0 Å². The summed E-state index contributed by atoms with van der Waals surface area (Å²) in [6.07, 6.45) is 3.95. The molecule has 0 amide bonds. The summed E-state index contributed by atoms with van der Waals surface area (Å²) in [6.45, 7) is 4.40. The van der Waals surface area contributed by atoms with Crippen LogP contribution in [0.3, 0.4) is 0 Å². The normalized spacial score (nSPS) is 16.8. The maximum atomic E-state index is 4.88. The van der Waals surface area contributed by atoms with E-state index in [-0.39, 0.29) is 5.54 Å². The second-order valence-electron chi connectivity index (χ2n) is 6.24. The second kappa shape index (κ2) is 4.34. The van der Waals surface area contributed by atoms with Crippen molar-refractivity contribution in [2.45, 2.75) is 44.6 Å². The predicted octanol–water partition coefficient (Wildman–Crippen LogP) is 3.30. The SMILES string of the molecule is CNC(C)(C)c1ccc2c(c1)nc(C1CCC1)n2C. The molecule has 0 bridgehead atoms. The van der Waals surface area contributed by atoms with E-state index in [2.05, 4.69) is 49.0 Å². The highest BCUT2D eigenvalue weighted by atomic mass is 15.1. The van der Waals surface area contributed by atoms with Gasteiger partial charge in [-0.2, -0.15) is 0 Å². The number of hydrogen-bond donors (Lipinski definition) is 1. The standard InChI is InChI=1S/C16H23N3/c1-16(2,17-3)12-8-9-14-13(10-12)18-15(19(14)4)11-6-5-7-11/h8-11,17H,5-7H2,1-4H3. The molecule has 3 heteroatoms. The lowest BCUT2D eigenvalue weighted by atomic mass is 9.85. The molecule has 1 aromatic carbocycles. The van der Waals surface area contributed by atoms with Crippen molar-refractivity contribution < 1.29 is 0 Å². The van der Waals surface area contributed by atoms with Gasteiger partial charge >= 0.3 is 0 Å². The number of fused-ring (bicyclic) bond motifs is 1. The number of rotatable bonds is 3. The average molecular weight is 257 g/mol. The molecule has 1 aromatic heterocycles. The van der Waals surface area contributed by atoms with Crippen molar-refractivity contribution >= 4 is 11.0 Å². The lowest BCUT2D eigenvalue weighted by Gasteiger charge is -2.24. The van der Waals surface area contributed by atoms with Gasteiger partial charge in [-0.1, -0.05) is 12.5 Å². The summed E-state index contributed by atoms with van der Waals surface area (Å²) in [5.74, 6) is 1.94. The van der Waals surface area contributed by atoms with E-state index in [9.17, 15) is 0 Å². The number of imidazole rings is 1. The van der Waals surface area contributed by atoms with Crippen LogP contribution in [0.15, 0.2) is 18.2 Å². The van der Waals surface area contributed by atoms with Gasteiger partial charge in [0.1, 0.15) is 5.82 Å². The van der Waals surface area contributed by atoms with Gasteiger partial charge < -0.3 is 9.88 Å². The number of aryl methyl sites for hydroxylation is 1. The van der Waals surface area contributed by atoms with Gasteiger partial charge in [-0.3, -0.25) is 0 Å². The number of aromatic nitrogens is 2. The fourth-order valence-corrected chi connectivity index (χ4v) is 2.78. The Morgan fingerprint density at radius 1 is 1.32 bits per heavy atom. The largest absolute Gasteiger partial charge is 0.331 e. The number of benzene rings is 1. The third-order valence-electron chi connectivity index (χ3n) is 4.73. The maximum Gasteiger partial charge on any atom is 0.112 e. The molecule has 3 nitrogen and oxygen atoms in total. The smallest absolute Gasteiger partial charge is 0.112 e. The van der Waals surface area contributed by atoms with E-state index in [1.807, 2.05) is 7.05 Å². The molecule has 102 valence electrons. The minimum Gasteiger partial charge on any atom is -0.331 e. The molecule has 0 atom stereocenters. The summed E-state index contributed by atoms with van der Waals surface area (Å²) in [7, 11) is 4.15. The fourth-order valence-electron chi connectivity index (χ4n) is 2.78. The summed E-state index contributed by atoms with van der Waals surface area (Å²) in [5.41, 5.74) is 3.66. The molecule has 1 N–H and O–H groups in total. The molecular weight excluding hydrogens is 234 g/mol. The fraction of sp³-hybridized carbons (Fsp3) is 0.562. The second-order valence-corrected chi connectivity index (χ2v) is 6.24. The number of nitrogens with one attached hydrogen (secondary N) is 1. The molecule has 1 aliphatic rings. The molecule has 2 aromatic rings. The lowest BCUT2D eigenvalue weighted by molar-refractivity contribution is 0.395. The first-order chi connectivity index (χ1) is 9.03. The molecule has 1 heterocycles. The van der Waals surface area contributed by atoms with Crippen LogP contribution in [-0.2, 0) is 12.6 Å². The van der Waals surface area contributed by atoms with Crippen LogP contribution in [0.4, 0.5) is 0 Å². The van der Waals surface area contributed by atoms with Crippen LogP contribution in [-0.4, -0.2) is 16.6 Å². The van der Waals surface area contributed by atoms with E-state index in [4.69, 9.17) is 4.98 Å². The van der Waals surface area contributed by atoms with Crippen molar-refractivity contribution in [3.8, 4) is 0 Å². The monoisotopic (exact) mass is 257 g/mol. The van der Waals surface area contributed by atoms with E-state index in [0.717, 1.165) is 5.52 Å². The zero-order valence-corrected chi connectivity index (χ0v) is 12.3. The quantitative estimate of drug-likeness (QED) is 0.914. The Morgan fingerprint density at radius 3 is 2.63 bits per heavy atom. The van der Waals surface area contributed by atoms with Gasteiger partial charge in [0.2, 0.25) is 0 Å². The van der Waals surface area contributed by atoms with Crippen LogP contribution >= 0.6 is 0 Å². The van der Waals surface area contributed by atoms with Crippen molar-refractivity contribution in [2.75, 3.05) is 7.05 Å². The van der Waals surface area contributed by atoms with Gasteiger partial charge in [-0.15, -0.1) is 0 Å². The van der Waals surface area contributed by atoms with Crippen LogP contribution in [0.5, 0.6) is 0 Å². The molecule has 1 aliphatic carbocycles. The zero-order chi connectivity index (χ0) is 13.6. The first kappa shape index (κ1) is 12.7. The molecule has 19 heavy (non-hydrogen) atoms. The van der Waals surface area contributed by atoms with Crippen LogP contribution < -0.4 is 5.32 Å². The van der Waals surface area contributed by atoms with Crippen LogP contribution in [0.25, 0.3) is 11.0 Å². The lowest BCUT2D eigenvalue weighted by Crippen LogP contribution is -2.32. The van der Waals surface area contributed by atoms with Crippen molar-refractivity contribution in [3.05, 3.63) is 29.6 Å². The van der Waals surface area contributed by atoms with E-state index in [1.54, 1.807) is 0 Å². The molecule has 0 spiro atoms. The molecule has 1 saturated carbocycles. The molecule has 0 saturated heterocycles. The van der Waals surface area contributed by atoms with Gasteiger partial charge in [0.15, 0.2) is 0 Å². The molecule has 3 rings (SSSR count). The third kappa shape index (κ3) is 1.96. The van der Waals surface area contributed by atoms with Crippen molar-refractivity contribution in [2.24, 2.45) is 7.05 Å². The van der Waals surface area contributed by atoms with Crippen molar-refractivity contribution in [1.29, 1.82) is 0 Å². The van der Waals surface area contributed by atoms with Crippen molar-refractivity contribution in [1.82, 2.24) is 14.9 Å². The Balaban J connectivity index is 2.08. The van der Waals surface area contributed by atoms with Crippen molar-refractivity contribution in [3.63, 3.8) is 0 Å². The number of nitrogens with zero attached hydrogens (tertiary/aromatic N) is 2. The predicted molar refractivity (Wildman–Crippen MR) is 79.4 cm³/mol. The minimum atomic E-state index is -0.0116. The summed E-state index contributed by atoms with van der Waals surface area (Å²) < 4.78 is 2.27. The van der Waals surface area contributed by atoms with Crippen LogP contribution in [0.1, 0.15) is 50.4 Å². The Bertz CT molecular complexity index is 606. The average Bonchev–Trinajstić information content (AvgIpc) is 2.64. The summed E-state index contributed by atoms with van der Waals surface area (Å²) in [6, 6.07) is 6.65. The molecular formula is C16H23N3.